The van der Waals surface area contributed by atoms with Crippen LogP contribution in [0.5, 0.6) is 0 Å². The minimum Gasteiger partial charge on any atom is -0.294 e. The average Bonchev–Trinajstić information content (AvgIpc) is 3.43. The van der Waals surface area contributed by atoms with Gasteiger partial charge in [-0.15, -0.1) is 0 Å². The van der Waals surface area contributed by atoms with Gasteiger partial charge in [-0.1, -0.05) is 111 Å². The lowest BCUT2D eigenvalue weighted by molar-refractivity contribution is 0.0964. The number of benzene rings is 3. The molecular weight excluding hydrogens is 344 g/mol. The zero-order chi connectivity index (χ0) is 19.1. The summed E-state index contributed by atoms with van der Waals surface area (Å²) in [6.07, 6.45) is 0.900. The van der Waals surface area contributed by atoms with Crippen LogP contribution in [0.2, 0.25) is 24.7 Å². The van der Waals surface area contributed by atoms with E-state index < -0.39 is 8.07 Å². The van der Waals surface area contributed by atoms with E-state index in [1.54, 1.807) is 0 Å². The van der Waals surface area contributed by atoms with Gasteiger partial charge in [-0.05, 0) is 17.5 Å². The molecule has 1 aliphatic rings. The van der Waals surface area contributed by atoms with E-state index in [2.05, 4.69) is 80.3 Å². The van der Waals surface area contributed by atoms with Gasteiger partial charge in [0, 0.05) is 16.0 Å². The minimum absolute atomic E-state index is 0.229. The van der Waals surface area contributed by atoms with E-state index in [9.17, 15) is 4.79 Å². The number of hydrogen-bond donors (Lipinski definition) is 0. The van der Waals surface area contributed by atoms with Crippen LogP contribution in [0.3, 0.4) is 0 Å². The van der Waals surface area contributed by atoms with E-state index in [1.807, 2.05) is 30.3 Å². The molecule has 1 nitrogen and oxygen atoms in total. The summed E-state index contributed by atoms with van der Waals surface area (Å²) in [5.74, 6) is 0.315. The van der Waals surface area contributed by atoms with Crippen molar-refractivity contribution in [3.63, 3.8) is 0 Å². The fourth-order valence-corrected chi connectivity index (χ4v) is 8.21. The Hall–Kier alpha value is -2.45. The first-order chi connectivity index (χ1) is 12.9. The molecule has 1 unspecified atom stereocenters. The molecule has 1 fully saturated rings. The first-order valence-corrected chi connectivity index (χ1v) is 13.1. The zero-order valence-electron chi connectivity index (χ0n) is 16.3. The van der Waals surface area contributed by atoms with Crippen molar-refractivity contribution in [2.45, 2.75) is 36.5 Å². The summed E-state index contributed by atoms with van der Waals surface area (Å²) in [6, 6.07) is 31.2. The molecule has 0 heterocycles. The van der Waals surface area contributed by atoms with E-state index in [4.69, 9.17) is 0 Å². The van der Waals surface area contributed by atoms with Gasteiger partial charge in [0.1, 0.15) is 0 Å². The Morgan fingerprint density at radius 2 is 1.11 bits per heavy atom. The Kier molecular flexibility index (Phi) is 4.19. The van der Waals surface area contributed by atoms with Crippen molar-refractivity contribution in [2.24, 2.45) is 0 Å². The predicted molar refractivity (Wildman–Crippen MR) is 115 cm³/mol. The lowest BCUT2D eigenvalue weighted by atomic mass is 9.83. The van der Waals surface area contributed by atoms with Crippen LogP contribution in [-0.2, 0) is 5.41 Å². The van der Waals surface area contributed by atoms with Crippen LogP contribution in [0.4, 0.5) is 0 Å². The molecule has 2 heteroatoms. The van der Waals surface area contributed by atoms with Crippen LogP contribution >= 0.6 is 0 Å². The molecule has 0 radical (unpaired) electrons. The Labute approximate surface area is 163 Å². The van der Waals surface area contributed by atoms with Gasteiger partial charge < -0.3 is 0 Å². The highest BCUT2D eigenvalue weighted by molar-refractivity contribution is 6.84. The molecule has 1 saturated carbocycles. The summed E-state index contributed by atoms with van der Waals surface area (Å²) in [5, 5.41) is -0.329. The van der Waals surface area contributed by atoms with Crippen molar-refractivity contribution in [1.29, 1.82) is 0 Å². The fourth-order valence-electron chi connectivity index (χ4n) is 5.02. The maximum atomic E-state index is 14.0. The molecule has 136 valence electrons. The Balaban J connectivity index is 1.97. The van der Waals surface area contributed by atoms with Crippen LogP contribution in [0.25, 0.3) is 0 Å². The number of carbonyl (C=O) groups is 1. The van der Waals surface area contributed by atoms with Crippen molar-refractivity contribution in [3.05, 3.63) is 108 Å². The van der Waals surface area contributed by atoms with Crippen molar-refractivity contribution in [3.8, 4) is 0 Å². The third kappa shape index (κ3) is 2.54. The molecule has 27 heavy (non-hydrogen) atoms. The van der Waals surface area contributed by atoms with Gasteiger partial charge >= 0.3 is 0 Å². The molecule has 1 atom stereocenters. The topological polar surface area (TPSA) is 17.1 Å². The number of hydrogen-bond acceptors (Lipinski definition) is 1. The monoisotopic (exact) mass is 370 g/mol. The summed E-state index contributed by atoms with van der Waals surface area (Å²) >= 11 is 0. The molecule has 0 aromatic heterocycles. The van der Waals surface area contributed by atoms with Crippen molar-refractivity contribution >= 4 is 13.9 Å². The zero-order valence-corrected chi connectivity index (χ0v) is 17.3. The predicted octanol–water partition coefficient (Wildman–Crippen LogP) is 6.34. The molecule has 0 N–H and O–H groups in total. The second-order valence-corrected chi connectivity index (χ2v) is 14.0. The number of ketones is 1. The Morgan fingerprint density at radius 3 is 1.52 bits per heavy atom. The van der Waals surface area contributed by atoms with Gasteiger partial charge in [-0.3, -0.25) is 4.79 Å². The summed E-state index contributed by atoms with van der Waals surface area (Å²) in [5.41, 5.74) is 3.15. The van der Waals surface area contributed by atoms with Crippen molar-refractivity contribution < 1.29 is 4.79 Å². The smallest absolute Gasteiger partial charge is 0.167 e. The standard InChI is InChI=1S/C25H26OSi/c1-27(2,3)25(23(26)20-13-7-4-8-14-20)19-24(25,21-15-9-5-10-16-21)22-17-11-6-12-18-22/h4-18H,19H2,1-3H3. The molecule has 3 aromatic rings. The second kappa shape index (κ2) is 6.31. The van der Waals surface area contributed by atoms with E-state index in [0.29, 0.717) is 5.78 Å². The maximum Gasteiger partial charge on any atom is 0.167 e. The summed E-state index contributed by atoms with van der Waals surface area (Å²) in [7, 11) is -1.87. The number of Topliss-reactive ketones (excluding diaryl/α,β-unsaturated/α-hetero) is 1. The molecule has 0 aliphatic heterocycles. The molecule has 1 aliphatic carbocycles. The lowest BCUT2D eigenvalue weighted by Gasteiger charge is -2.35. The van der Waals surface area contributed by atoms with E-state index in [-0.39, 0.29) is 10.5 Å². The minimum atomic E-state index is -1.87. The number of rotatable bonds is 5. The van der Waals surface area contributed by atoms with Gasteiger partial charge in [0.2, 0.25) is 0 Å². The van der Waals surface area contributed by atoms with Crippen molar-refractivity contribution in [1.82, 2.24) is 0 Å². The molecular formula is C25H26OSi. The van der Waals surface area contributed by atoms with Gasteiger partial charge in [-0.2, -0.15) is 0 Å². The fraction of sp³-hybridized carbons (Fsp3) is 0.240. The van der Waals surface area contributed by atoms with Gasteiger partial charge in [0.05, 0.1) is 8.07 Å². The third-order valence-electron chi connectivity index (χ3n) is 6.37. The lowest BCUT2D eigenvalue weighted by Crippen LogP contribution is -2.41. The summed E-state index contributed by atoms with van der Waals surface area (Å²) < 4.78 is 0. The molecule has 3 aromatic carbocycles. The van der Waals surface area contributed by atoms with Gasteiger partial charge in [-0.25, -0.2) is 0 Å². The SMILES string of the molecule is C[Si](C)(C)C1(C(=O)c2ccccc2)CC1(c1ccccc1)c1ccccc1. The van der Waals surface area contributed by atoms with E-state index in [1.165, 1.54) is 11.1 Å². The first kappa shape index (κ1) is 17.9. The van der Waals surface area contributed by atoms with Crippen LogP contribution in [-0.4, -0.2) is 13.9 Å². The van der Waals surface area contributed by atoms with Crippen LogP contribution in [0, 0.1) is 0 Å². The van der Waals surface area contributed by atoms with Crippen molar-refractivity contribution in [2.75, 3.05) is 0 Å². The van der Waals surface area contributed by atoms with E-state index in [0.717, 1.165) is 12.0 Å². The summed E-state index contributed by atoms with van der Waals surface area (Å²) in [4.78, 5) is 14.0. The highest BCUT2D eigenvalue weighted by Crippen LogP contribution is 2.78. The highest BCUT2D eigenvalue weighted by Gasteiger charge is 2.77. The third-order valence-corrected chi connectivity index (χ3v) is 9.76. The number of carbonyl (C=O) groups excluding carboxylic acids is 1. The van der Waals surface area contributed by atoms with E-state index >= 15 is 0 Å². The van der Waals surface area contributed by atoms with Crippen LogP contribution in [0.15, 0.2) is 91.0 Å². The summed E-state index contributed by atoms with van der Waals surface area (Å²) in [6.45, 7) is 7.05. The molecule has 0 saturated heterocycles. The second-order valence-electron chi connectivity index (χ2n) is 8.66. The molecule has 4 rings (SSSR count). The first-order valence-electron chi connectivity index (χ1n) is 9.64. The van der Waals surface area contributed by atoms with Crippen LogP contribution < -0.4 is 0 Å². The Bertz CT molecular complexity index is 902. The van der Waals surface area contributed by atoms with Gasteiger partial charge in [0.15, 0.2) is 5.78 Å². The quantitative estimate of drug-likeness (QED) is 0.378. The maximum absolute atomic E-state index is 14.0. The molecule has 0 bridgehead atoms. The molecule has 0 amide bonds. The largest absolute Gasteiger partial charge is 0.294 e. The van der Waals surface area contributed by atoms with Gasteiger partial charge in [0.25, 0.3) is 0 Å². The highest BCUT2D eigenvalue weighted by atomic mass is 28.3. The normalized spacial score (nSPS) is 20.9. The van der Waals surface area contributed by atoms with Crippen LogP contribution in [0.1, 0.15) is 27.9 Å². The average molecular weight is 371 g/mol. The Morgan fingerprint density at radius 1 is 0.704 bits per heavy atom. The molecule has 0 spiro atoms.